The molecule has 0 radical (unpaired) electrons. The minimum absolute atomic E-state index is 0.0415. The van der Waals surface area contributed by atoms with Crippen molar-refractivity contribution in [3.8, 4) is 28.7 Å². The predicted octanol–water partition coefficient (Wildman–Crippen LogP) is 17.8. The van der Waals surface area contributed by atoms with Gasteiger partial charge in [-0.2, -0.15) is 0 Å². The third-order valence-electron chi connectivity index (χ3n) is 9.13. The van der Waals surface area contributed by atoms with Gasteiger partial charge in [0.15, 0.2) is 0 Å². The number of hydrogen-bond acceptors (Lipinski definition) is 5. The second kappa shape index (κ2) is 23.0. The van der Waals surface area contributed by atoms with Crippen LogP contribution in [0.3, 0.4) is 0 Å². The van der Waals surface area contributed by atoms with Crippen LogP contribution in [0.2, 0.25) is 10.0 Å². The Morgan fingerprint density at radius 1 is 0.328 bits per heavy atom. The van der Waals surface area contributed by atoms with Crippen molar-refractivity contribution in [3.63, 3.8) is 0 Å². The maximum Gasteiger partial charge on any atom is 0.148 e. The van der Waals surface area contributed by atoms with Gasteiger partial charge < -0.3 is 25.5 Å². The Morgan fingerprint density at radius 3 is 0.967 bits per heavy atom. The van der Waals surface area contributed by atoms with Crippen molar-refractivity contribution in [3.05, 3.63) is 141 Å². The van der Waals surface area contributed by atoms with E-state index in [1.165, 1.54) is 16.7 Å². The topological polar surface area (TPSA) is 101 Å². The summed E-state index contributed by atoms with van der Waals surface area (Å²) in [4.78, 5) is 0. The fourth-order valence-corrected chi connectivity index (χ4v) is 7.44. The van der Waals surface area contributed by atoms with Gasteiger partial charge in [0, 0.05) is 0 Å². The molecule has 5 aromatic rings. The Bertz CT molecular complexity index is 2010. The van der Waals surface area contributed by atoms with Crippen LogP contribution in [0.4, 0.5) is 0 Å². The third-order valence-corrected chi connectivity index (χ3v) is 12.2. The zero-order valence-corrected chi connectivity index (χ0v) is 45.9. The lowest BCUT2D eigenvalue weighted by atomic mass is 9.87. The molecule has 0 fully saturated rings. The average Bonchev–Trinajstić information content (AvgIpc) is 3.10. The quantitative estimate of drug-likeness (QED) is 0.106. The van der Waals surface area contributed by atoms with E-state index in [9.17, 15) is 20.4 Å². The van der Waals surface area contributed by atoms with Crippen molar-refractivity contribution in [1.29, 1.82) is 0 Å². The Balaban J connectivity index is 0.000000382. The van der Waals surface area contributed by atoms with Crippen LogP contribution in [-0.2, 0) is 27.1 Å². The SMILES string of the molecule is CC(C)(C)c1cc(Br)c(O)c(Br)c1.CC(C)(C)c1cc(Cl)c(O)c(Br)c1.CC(C)(C)c1ccc(O)c(Br)c1.CC(C)(C)c1ccc(O)c(Cl)c1.CC(C)(C)c1ccc(O)cc1. The zero-order valence-electron chi connectivity index (χ0n) is 38.1. The Kier molecular flexibility index (Phi) is 21.3. The van der Waals surface area contributed by atoms with Crippen LogP contribution >= 0.6 is 86.9 Å². The van der Waals surface area contributed by atoms with Crippen molar-refractivity contribution < 1.29 is 25.5 Å². The molecule has 336 valence electrons. The summed E-state index contributed by atoms with van der Waals surface area (Å²) < 4.78 is 2.86. The number of phenolic OH excluding ortho intramolecular Hbond substituents is 5. The summed E-state index contributed by atoms with van der Waals surface area (Å²) >= 11 is 24.8. The van der Waals surface area contributed by atoms with Crippen molar-refractivity contribution in [2.45, 2.75) is 131 Å². The summed E-state index contributed by atoms with van der Waals surface area (Å²) in [6.07, 6.45) is 0. The van der Waals surface area contributed by atoms with E-state index in [0.717, 1.165) is 24.5 Å². The molecule has 5 nitrogen and oxygen atoms in total. The summed E-state index contributed by atoms with van der Waals surface area (Å²) in [5.41, 5.74) is 6.40. The smallest absolute Gasteiger partial charge is 0.148 e. The molecule has 0 heterocycles. The number of phenols is 5. The van der Waals surface area contributed by atoms with Gasteiger partial charge in [-0.3, -0.25) is 0 Å². The second-order valence-corrected chi connectivity index (χ2v) is 23.9. The molecule has 5 aromatic carbocycles. The minimum Gasteiger partial charge on any atom is -0.508 e. The standard InChI is InChI=1S/C10H12Br2O.C10H12BrClO.C10H13BrO.C10H13ClO.C10H14O/c2*1-10(2,3)6-4-7(11)9(13)8(12)5-6;2*1-10(2,3)7-4-5-9(12)8(11)6-7;1-10(2,3)8-4-6-9(11)7-5-8/h2*4-5,13H,1-3H3;2*4-6,12H,1-3H3;4-7,11H,1-3H3. The summed E-state index contributed by atoms with van der Waals surface area (Å²) in [6, 6.07) is 25.9. The first-order valence-corrected chi connectivity index (χ1v) is 23.5. The molecular weight excluding hydrogens is 1070 g/mol. The normalized spacial score (nSPS) is 11.7. The molecule has 0 aliphatic heterocycles. The van der Waals surface area contributed by atoms with Crippen molar-refractivity contribution in [2.75, 3.05) is 0 Å². The van der Waals surface area contributed by atoms with E-state index in [1.807, 2.05) is 48.5 Å². The number of aromatic hydroxyl groups is 5. The fraction of sp³-hybridized carbons (Fsp3) is 0.400. The molecule has 0 saturated carbocycles. The molecule has 5 N–H and O–H groups in total. The maximum atomic E-state index is 9.50. The van der Waals surface area contributed by atoms with Crippen LogP contribution in [0.5, 0.6) is 28.7 Å². The lowest BCUT2D eigenvalue weighted by Gasteiger charge is -2.20. The van der Waals surface area contributed by atoms with Gasteiger partial charge in [0.05, 0.1) is 27.9 Å². The number of halogens is 6. The molecular formula is C50H64Br4Cl2O5. The average molecular weight is 1140 g/mol. The van der Waals surface area contributed by atoms with Crippen LogP contribution in [0.15, 0.2) is 103 Å². The Morgan fingerprint density at radius 2 is 0.623 bits per heavy atom. The maximum absolute atomic E-state index is 9.50. The van der Waals surface area contributed by atoms with Crippen molar-refractivity contribution >= 4 is 86.9 Å². The summed E-state index contributed by atoms with van der Waals surface area (Å²) in [5, 5.41) is 47.2. The van der Waals surface area contributed by atoms with Crippen LogP contribution in [-0.4, -0.2) is 25.5 Å². The first-order chi connectivity index (χ1) is 27.5. The molecule has 0 amide bonds. The molecule has 11 heteroatoms. The molecule has 0 saturated heterocycles. The minimum atomic E-state index is 0.0415. The van der Waals surface area contributed by atoms with Gasteiger partial charge in [-0.25, -0.2) is 0 Å². The van der Waals surface area contributed by atoms with Crippen molar-refractivity contribution in [1.82, 2.24) is 0 Å². The van der Waals surface area contributed by atoms with Gasteiger partial charge in [0.2, 0.25) is 0 Å². The molecule has 0 unspecified atom stereocenters. The zero-order chi connectivity index (χ0) is 47.6. The fourth-order valence-electron chi connectivity index (χ4n) is 4.91. The van der Waals surface area contributed by atoms with Crippen LogP contribution in [0.1, 0.15) is 132 Å². The van der Waals surface area contributed by atoms with E-state index in [-0.39, 0.29) is 44.3 Å². The molecule has 0 aliphatic carbocycles. The second-order valence-electron chi connectivity index (χ2n) is 19.7. The van der Waals surface area contributed by atoms with E-state index in [2.05, 4.69) is 168 Å². The van der Waals surface area contributed by atoms with Crippen LogP contribution in [0, 0.1) is 0 Å². The first-order valence-electron chi connectivity index (χ1n) is 19.6. The highest BCUT2D eigenvalue weighted by Gasteiger charge is 2.19. The van der Waals surface area contributed by atoms with E-state index < -0.39 is 0 Å². The molecule has 0 atom stereocenters. The molecule has 0 aliphatic rings. The molecule has 0 bridgehead atoms. The predicted molar refractivity (Wildman–Crippen MR) is 275 cm³/mol. The summed E-state index contributed by atoms with van der Waals surface area (Å²) in [6.45, 7) is 31.9. The van der Waals surface area contributed by atoms with Crippen molar-refractivity contribution in [2.24, 2.45) is 0 Å². The van der Waals surface area contributed by atoms with Crippen LogP contribution in [0.25, 0.3) is 0 Å². The highest BCUT2D eigenvalue weighted by molar-refractivity contribution is 9.11. The van der Waals surface area contributed by atoms with Crippen LogP contribution < -0.4 is 0 Å². The Hall–Kier alpha value is -2.40. The van der Waals surface area contributed by atoms with E-state index in [0.29, 0.717) is 26.0 Å². The highest BCUT2D eigenvalue weighted by Crippen LogP contribution is 2.38. The van der Waals surface area contributed by atoms with Gasteiger partial charge in [-0.15, -0.1) is 0 Å². The molecule has 61 heavy (non-hydrogen) atoms. The highest BCUT2D eigenvalue weighted by atomic mass is 79.9. The van der Waals surface area contributed by atoms with Gasteiger partial charge in [-0.1, -0.05) is 151 Å². The number of benzene rings is 5. The van der Waals surface area contributed by atoms with E-state index in [4.69, 9.17) is 28.3 Å². The van der Waals surface area contributed by atoms with Gasteiger partial charge >= 0.3 is 0 Å². The van der Waals surface area contributed by atoms with Gasteiger partial charge in [-0.05, 0) is 179 Å². The first kappa shape index (κ1) is 56.6. The summed E-state index contributed by atoms with van der Waals surface area (Å²) in [7, 11) is 0. The largest absolute Gasteiger partial charge is 0.508 e. The molecule has 0 aromatic heterocycles. The van der Waals surface area contributed by atoms with Gasteiger partial charge in [0.1, 0.15) is 28.7 Å². The number of hydrogen-bond donors (Lipinski definition) is 5. The monoisotopic (exact) mass is 1130 g/mol. The van der Waals surface area contributed by atoms with Gasteiger partial charge in [0.25, 0.3) is 0 Å². The lowest BCUT2D eigenvalue weighted by Crippen LogP contribution is -2.10. The lowest BCUT2D eigenvalue weighted by molar-refractivity contribution is 0.466. The third kappa shape index (κ3) is 19.5. The molecule has 0 spiro atoms. The van der Waals surface area contributed by atoms with E-state index in [1.54, 1.807) is 36.4 Å². The Labute approximate surface area is 409 Å². The molecule has 5 rings (SSSR count). The summed E-state index contributed by atoms with van der Waals surface area (Å²) in [5.74, 6) is 1.13. The number of rotatable bonds is 0. The van der Waals surface area contributed by atoms with E-state index >= 15 is 0 Å².